The van der Waals surface area contributed by atoms with E-state index in [1.54, 1.807) is 6.08 Å². The van der Waals surface area contributed by atoms with Gasteiger partial charge in [0, 0.05) is 24.9 Å². The Morgan fingerprint density at radius 1 is 1.17 bits per heavy atom. The van der Waals surface area contributed by atoms with E-state index in [9.17, 15) is 4.79 Å². The maximum Gasteiger partial charge on any atom is 0.246 e. The molecule has 1 amide bonds. The first-order valence-electron chi connectivity index (χ1n) is 10.0. The van der Waals surface area contributed by atoms with E-state index in [2.05, 4.69) is 11.2 Å². The van der Waals surface area contributed by atoms with Gasteiger partial charge in [0.1, 0.15) is 5.76 Å². The van der Waals surface area contributed by atoms with Crippen LogP contribution in [0.1, 0.15) is 29.1 Å². The summed E-state index contributed by atoms with van der Waals surface area (Å²) in [5.41, 5.74) is 4.81. The molecule has 2 aromatic heterocycles. The van der Waals surface area contributed by atoms with Crippen LogP contribution < -0.4 is 0 Å². The summed E-state index contributed by atoms with van der Waals surface area (Å²) in [6.45, 7) is 5.41. The molecule has 1 aliphatic heterocycles. The molecule has 3 heterocycles. The normalized spacial score (nSPS) is 16.6. The van der Waals surface area contributed by atoms with Crippen LogP contribution in [0.15, 0.2) is 59.1 Å². The van der Waals surface area contributed by atoms with Crippen LogP contribution in [0.2, 0.25) is 0 Å². The quantitative estimate of drug-likeness (QED) is 0.607. The maximum absolute atomic E-state index is 12.5. The van der Waals surface area contributed by atoms with Crippen molar-refractivity contribution in [1.29, 1.82) is 0 Å². The lowest BCUT2D eigenvalue weighted by atomic mass is 10.0. The number of aromatic nitrogens is 2. The van der Waals surface area contributed by atoms with Gasteiger partial charge in [0.05, 0.1) is 17.0 Å². The SMILES string of the molecule is Cc1noc(C)c1-c1cccc(CC2CCN(C(=O)/C=C/c3ccccc3)C2)n1. The van der Waals surface area contributed by atoms with Gasteiger partial charge in [-0.05, 0) is 56.4 Å². The van der Waals surface area contributed by atoms with Gasteiger partial charge >= 0.3 is 0 Å². The van der Waals surface area contributed by atoms with E-state index in [0.717, 1.165) is 59.9 Å². The molecule has 0 aliphatic carbocycles. The molecule has 0 saturated carbocycles. The lowest BCUT2D eigenvalue weighted by molar-refractivity contribution is -0.125. The minimum atomic E-state index is 0.0776. The molecular weight excluding hydrogens is 362 g/mol. The van der Waals surface area contributed by atoms with Crippen LogP contribution >= 0.6 is 0 Å². The average Bonchev–Trinajstić information content (AvgIpc) is 3.33. The standard InChI is InChI=1S/C24H25N3O2/c1-17-24(18(2)29-26-17)22-10-6-9-21(25-22)15-20-13-14-27(16-20)23(28)12-11-19-7-4-3-5-8-19/h3-12,20H,13-16H2,1-2H3/b12-11+. The zero-order valence-electron chi connectivity index (χ0n) is 16.8. The van der Waals surface area contributed by atoms with Gasteiger partial charge < -0.3 is 9.42 Å². The second-order valence-electron chi connectivity index (χ2n) is 7.60. The minimum Gasteiger partial charge on any atom is -0.361 e. The number of benzene rings is 1. The van der Waals surface area contributed by atoms with Gasteiger partial charge in [0.15, 0.2) is 0 Å². The average molecular weight is 387 g/mol. The Kier molecular flexibility index (Phi) is 5.56. The Bertz CT molecular complexity index is 1000. The number of nitrogens with zero attached hydrogens (tertiary/aromatic N) is 3. The predicted octanol–water partition coefficient (Wildman–Crippen LogP) is 4.46. The molecule has 1 fully saturated rings. The van der Waals surface area contributed by atoms with E-state index in [1.165, 1.54) is 0 Å². The maximum atomic E-state index is 12.5. The number of pyridine rings is 1. The van der Waals surface area contributed by atoms with Crippen molar-refractivity contribution in [2.24, 2.45) is 5.92 Å². The smallest absolute Gasteiger partial charge is 0.246 e. The Balaban J connectivity index is 1.39. The first-order valence-corrected chi connectivity index (χ1v) is 10.0. The van der Waals surface area contributed by atoms with Gasteiger partial charge in [0.2, 0.25) is 5.91 Å². The second kappa shape index (κ2) is 8.43. The van der Waals surface area contributed by atoms with Gasteiger partial charge in [-0.15, -0.1) is 0 Å². The van der Waals surface area contributed by atoms with Crippen LogP contribution in [0.3, 0.4) is 0 Å². The van der Waals surface area contributed by atoms with Crippen LogP contribution in [0.5, 0.6) is 0 Å². The molecule has 3 aromatic rings. The van der Waals surface area contributed by atoms with E-state index in [-0.39, 0.29) is 5.91 Å². The summed E-state index contributed by atoms with van der Waals surface area (Å²) in [5, 5.41) is 4.03. The Morgan fingerprint density at radius 3 is 2.76 bits per heavy atom. The van der Waals surface area contributed by atoms with Gasteiger partial charge in [-0.1, -0.05) is 41.6 Å². The summed E-state index contributed by atoms with van der Waals surface area (Å²) in [4.78, 5) is 19.3. The molecule has 0 bridgehead atoms. The fraction of sp³-hybridized carbons (Fsp3) is 0.292. The number of carbonyl (C=O) groups is 1. The first kappa shape index (κ1) is 19.1. The lowest BCUT2D eigenvalue weighted by Crippen LogP contribution is -2.27. The molecule has 1 aromatic carbocycles. The fourth-order valence-corrected chi connectivity index (χ4v) is 3.91. The van der Waals surface area contributed by atoms with Crippen molar-refractivity contribution in [3.63, 3.8) is 0 Å². The zero-order chi connectivity index (χ0) is 20.2. The molecule has 0 radical (unpaired) electrons. The number of hydrogen-bond acceptors (Lipinski definition) is 4. The lowest BCUT2D eigenvalue weighted by Gasteiger charge is -2.14. The molecule has 148 valence electrons. The van der Waals surface area contributed by atoms with Crippen molar-refractivity contribution < 1.29 is 9.32 Å². The van der Waals surface area contributed by atoms with Crippen molar-refractivity contribution >= 4 is 12.0 Å². The summed E-state index contributed by atoms with van der Waals surface area (Å²) in [6, 6.07) is 16.0. The minimum absolute atomic E-state index is 0.0776. The molecule has 0 spiro atoms. The summed E-state index contributed by atoms with van der Waals surface area (Å²) >= 11 is 0. The van der Waals surface area contributed by atoms with Gasteiger partial charge in [0.25, 0.3) is 0 Å². The van der Waals surface area contributed by atoms with Crippen molar-refractivity contribution in [2.75, 3.05) is 13.1 Å². The highest BCUT2D eigenvalue weighted by Crippen LogP contribution is 2.26. The van der Waals surface area contributed by atoms with E-state index < -0.39 is 0 Å². The summed E-state index contributed by atoms with van der Waals surface area (Å²) in [7, 11) is 0. The number of aryl methyl sites for hydroxylation is 2. The molecule has 5 heteroatoms. The number of likely N-dealkylation sites (tertiary alicyclic amines) is 1. The van der Waals surface area contributed by atoms with E-state index in [1.807, 2.05) is 67.3 Å². The van der Waals surface area contributed by atoms with Crippen molar-refractivity contribution in [3.8, 4) is 11.3 Å². The largest absolute Gasteiger partial charge is 0.361 e. The van der Waals surface area contributed by atoms with Crippen molar-refractivity contribution in [3.05, 3.63) is 77.3 Å². The monoisotopic (exact) mass is 387 g/mol. The Morgan fingerprint density at radius 2 is 2.00 bits per heavy atom. The summed E-state index contributed by atoms with van der Waals surface area (Å²) in [5.74, 6) is 1.29. The molecule has 1 unspecified atom stereocenters. The van der Waals surface area contributed by atoms with Crippen LogP contribution in [0.25, 0.3) is 17.3 Å². The topological polar surface area (TPSA) is 59.2 Å². The van der Waals surface area contributed by atoms with Crippen LogP contribution in [-0.2, 0) is 11.2 Å². The van der Waals surface area contributed by atoms with Crippen molar-refractivity contribution in [2.45, 2.75) is 26.7 Å². The van der Waals surface area contributed by atoms with Crippen molar-refractivity contribution in [1.82, 2.24) is 15.0 Å². The molecule has 4 rings (SSSR count). The van der Waals surface area contributed by atoms with Gasteiger partial charge in [-0.25, -0.2) is 0 Å². The molecule has 1 aliphatic rings. The van der Waals surface area contributed by atoms with Gasteiger partial charge in [-0.3, -0.25) is 9.78 Å². The highest BCUT2D eigenvalue weighted by atomic mass is 16.5. The fourth-order valence-electron chi connectivity index (χ4n) is 3.91. The third kappa shape index (κ3) is 4.45. The van der Waals surface area contributed by atoms with E-state index >= 15 is 0 Å². The van der Waals surface area contributed by atoms with Crippen LogP contribution in [0, 0.1) is 19.8 Å². The highest BCUT2D eigenvalue weighted by molar-refractivity contribution is 5.91. The third-order valence-corrected chi connectivity index (χ3v) is 5.41. The molecular formula is C24H25N3O2. The predicted molar refractivity (Wildman–Crippen MR) is 113 cm³/mol. The zero-order valence-corrected chi connectivity index (χ0v) is 16.8. The third-order valence-electron chi connectivity index (χ3n) is 5.41. The first-order chi connectivity index (χ1) is 14.1. The van der Waals surface area contributed by atoms with Crippen LogP contribution in [-0.4, -0.2) is 34.0 Å². The summed E-state index contributed by atoms with van der Waals surface area (Å²) < 4.78 is 5.28. The Hall–Kier alpha value is -3.21. The number of amides is 1. The second-order valence-corrected chi connectivity index (χ2v) is 7.60. The van der Waals surface area contributed by atoms with E-state index in [4.69, 9.17) is 9.51 Å². The number of rotatable bonds is 5. The molecule has 1 saturated heterocycles. The molecule has 5 nitrogen and oxygen atoms in total. The molecule has 0 N–H and O–H groups in total. The van der Waals surface area contributed by atoms with Gasteiger partial charge in [-0.2, -0.15) is 0 Å². The summed E-state index contributed by atoms with van der Waals surface area (Å²) in [6.07, 6.45) is 5.42. The Labute approximate surface area is 171 Å². The number of hydrogen-bond donors (Lipinski definition) is 0. The molecule has 29 heavy (non-hydrogen) atoms. The van der Waals surface area contributed by atoms with Crippen LogP contribution in [0.4, 0.5) is 0 Å². The highest BCUT2D eigenvalue weighted by Gasteiger charge is 2.25. The number of carbonyl (C=O) groups excluding carboxylic acids is 1. The molecule has 1 atom stereocenters. The van der Waals surface area contributed by atoms with E-state index in [0.29, 0.717) is 5.92 Å².